The summed E-state index contributed by atoms with van der Waals surface area (Å²) in [7, 11) is 1.63. The fourth-order valence-electron chi connectivity index (χ4n) is 2.86. The maximum Gasteiger partial charge on any atom is 0.228 e. The molecular formula is C18H19N3O2. The van der Waals surface area contributed by atoms with Crippen molar-refractivity contribution in [2.75, 3.05) is 12.4 Å². The first-order valence-corrected chi connectivity index (χ1v) is 7.44. The minimum atomic E-state index is -0.0767. The van der Waals surface area contributed by atoms with Crippen molar-refractivity contribution in [2.24, 2.45) is 0 Å². The summed E-state index contributed by atoms with van der Waals surface area (Å²) >= 11 is 0. The number of aromatic nitrogens is 2. The zero-order chi connectivity index (χ0) is 16.4. The topological polar surface area (TPSA) is 67.0 Å². The molecule has 0 saturated carbocycles. The SMILES string of the molecule is COc1c(C)cc(C)cc1CC(=O)Nc1ccc2cn[nH]c2c1. The minimum Gasteiger partial charge on any atom is -0.496 e. The van der Waals surface area contributed by atoms with Crippen LogP contribution in [0.15, 0.2) is 36.5 Å². The molecule has 0 aliphatic heterocycles. The zero-order valence-corrected chi connectivity index (χ0v) is 13.4. The molecule has 0 aliphatic rings. The molecule has 2 aromatic carbocycles. The Morgan fingerprint density at radius 1 is 1.26 bits per heavy atom. The molecule has 0 aliphatic carbocycles. The lowest BCUT2D eigenvalue weighted by Crippen LogP contribution is -2.15. The average Bonchev–Trinajstić information content (AvgIpc) is 2.94. The van der Waals surface area contributed by atoms with E-state index in [1.54, 1.807) is 13.3 Å². The number of nitrogens with one attached hydrogen (secondary N) is 2. The quantitative estimate of drug-likeness (QED) is 0.776. The van der Waals surface area contributed by atoms with Gasteiger partial charge in [-0.05, 0) is 37.6 Å². The van der Waals surface area contributed by atoms with E-state index < -0.39 is 0 Å². The van der Waals surface area contributed by atoms with Gasteiger partial charge in [0.2, 0.25) is 5.91 Å². The second-order valence-corrected chi connectivity index (χ2v) is 5.67. The third-order valence-corrected chi connectivity index (χ3v) is 3.78. The number of hydrogen-bond acceptors (Lipinski definition) is 3. The van der Waals surface area contributed by atoms with Crippen molar-refractivity contribution in [3.8, 4) is 5.75 Å². The van der Waals surface area contributed by atoms with Crippen molar-refractivity contribution in [3.63, 3.8) is 0 Å². The molecule has 0 bridgehead atoms. The number of carbonyl (C=O) groups is 1. The number of nitrogens with zero attached hydrogens (tertiary/aromatic N) is 1. The van der Waals surface area contributed by atoms with Gasteiger partial charge in [-0.3, -0.25) is 9.89 Å². The van der Waals surface area contributed by atoms with Gasteiger partial charge in [0.1, 0.15) is 5.75 Å². The molecule has 2 N–H and O–H groups in total. The van der Waals surface area contributed by atoms with Crippen LogP contribution in [0.25, 0.3) is 10.9 Å². The second kappa shape index (κ2) is 6.12. The third-order valence-electron chi connectivity index (χ3n) is 3.78. The lowest BCUT2D eigenvalue weighted by Gasteiger charge is -2.13. The van der Waals surface area contributed by atoms with E-state index in [0.717, 1.165) is 39.0 Å². The number of ether oxygens (including phenoxy) is 1. The number of hydrogen-bond donors (Lipinski definition) is 2. The highest BCUT2D eigenvalue weighted by molar-refractivity contribution is 5.94. The summed E-state index contributed by atoms with van der Waals surface area (Å²) in [6.45, 7) is 4.00. The first kappa shape index (κ1) is 15.1. The zero-order valence-electron chi connectivity index (χ0n) is 13.4. The molecule has 1 aromatic heterocycles. The highest BCUT2D eigenvalue weighted by Gasteiger charge is 2.12. The molecule has 0 unspecified atom stereocenters. The van der Waals surface area contributed by atoms with E-state index in [-0.39, 0.29) is 12.3 Å². The maximum atomic E-state index is 12.4. The Morgan fingerprint density at radius 2 is 2.09 bits per heavy atom. The monoisotopic (exact) mass is 309 g/mol. The van der Waals surface area contributed by atoms with E-state index in [0.29, 0.717) is 0 Å². The molecule has 23 heavy (non-hydrogen) atoms. The Morgan fingerprint density at radius 3 is 2.87 bits per heavy atom. The van der Waals surface area contributed by atoms with Crippen LogP contribution < -0.4 is 10.1 Å². The number of rotatable bonds is 4. The Balaban J connectivity index is 1.79. The van der Waals surface area contributed by atoms with Crippen LogP contribution in [0.5, 0.6) is 5.75 Å². The first-order valence-electron chi connectivity index (χ1n) is 7.44. The Hall–Kier alpha value is -2.82. The molecule has 1 heterocycles. The molecule has 0 saturated heterocycles. The number of anilines is 1. The predicted octanol–water partition coefficient (Wildman–Crippen LogP) is 3.37. The summed E-state index contributed by atoms with van der Waals surface area (Å²) < 4.78 is 5.44. The van der Waals surface area contributed by atoms with E-state index in [9.17, 15) is 4.79 Å². The lowest BCUT2D eigenvalue weighted by atomic mass is 10.0. The molecule has 0 radical (unpaired) electrons. The standard InChI is InChI=1S/C18H19N3O2/c1-11-6-12(2)18(23-3)14(7-11)8-17(22)20-15-5-4-13-10-19-21-16(13)9-15/h4-7,9-10H,8H2,1-3H3,(H,19,21)(H,20,22). The largest absolute Gasteiger partial charge is 0.496 e. The molecular weight excluding hydrogens is 290 g/mol. The molecule has 3 aromatic rings. The van der Waals surface area contributed by atoms with Crippen LogP contribution in [0.2, 0.25) is 0 Å². The van der Waals surface area contributed by atoms with Crippen LogP contribution in [0, 0.1) is 13.8 Å². The van der Waals surface area contributed by atoms with Gasteiger partial charge in [0.15, 0.2) is 0 Å². The number of benzene rings is 2. The van der Waals surface area contributed by atoms with Gasteiger partial charge in [-0.2, -0.15) is 5.10 Å². The number of aryl methyl sites for hydroxylation is 2. The summed E-state index contributed by atoms with van der Waals surface area (Å²) in [6, 6.07) is 9.70. The van der Waals surface area contributed by atoms with Crippen molar-refractivity contribution < 1.29 is 9.53 Å². The number of amides is 1. The van der Waals surface area contributed by atoms with Crippen molar-refractivity contribution in [1.29, 1.82) is 0 Å². The highest BCUT2D eigenvalue weighted by Crippen LogP contribution is 2.26. The molecule has 0 spiro atoms. The van der Waals surface area contributed by atoms with Crippen molar-refractivity contribution in [2.45, 2.75) is 20.3 Å². The third kappa shape index (κ3) is 3.18. The maximum absolute atomic E-state index is 12.4. The summed E-state index contributed by atoms with van der Waals surface area (Å²) in [5, 5.41) is 10.8. The highest BCUT2D eigenvalue weighted by atomic mass is 16.5. The summed E-state index contributed by atoms with van der Waals surface area (Å²) in [5.74, 6) is 0.696. The van der Waals surface area contributed by atoms with Crippen LogP contribution in [0.1, 0.15) is 16.7 Å². The summed E-state index contributed by atoms with van der Waals surface area (Å²) in [4.78, 5) is 12.4. The van der Waals surface area contributed by atoms with Gasteiger partial charge in [0.25, 0.3) is 0 Å². The van der Waals surface area contributed by atoms with E-state index in [4.69, 9.17) is 4.74 Å². The second-order valence-electron chi connectivity index (χ2n) is 5.67. The van der Waals surface area contributed by atoms with E-state index in [1.165, 1.54) is 0 Å². The number of methoxy groups -OCH3 is 1. The van der Waals surface area contributed by atoms with E-state index >= 15 is 0 Å². The molecule has 3 rings (SSSR count). The van der Waals surface area contributed by atoms with Gasteiger partial charge >= 0.3 is 0 Å². The Kier molecular flexibility index (Phi) is 4.02. The smallest absolute Gasteiger partial charge is 0.228 e. The number of H-pyrrole nitrogens is 1. The molecule has 5 nitrogen and oxygen atoms in total. The predicted molar refractivity (Wildman–Crippen MR) is 90.9 cm³/mol. The van der Waals surface area contributed by atoms with Gasteiger partial charge in [-0.25, -0.2) is 0 Å². The number of fused-ring (bicyclic) bond motifs is 1. The normalized spacial score (nSPS) is 10.7. The Labute approximate surface area is 134 Å². The minimum absolute atomic E-state index is 0.0767. The van der Waals surface area contributed by atoms with Gasteiger partial charge in [0.05, 0.1) is 25.2 Å². The first-order chi connectivity index (χ1) is 11.1. The van der Waals surface area contributed by atoms with Crippen LogP contribution in [-0.4, -0.2) is 23.2 Å². The van der Waals surface area contributed by atoms with Crippen LogP contribution in [0.3, 0.4) is 0 Å². The lowest BCUT2D eigenvalue weighted by molar-refractivity contribution is -0.115. The van der Waals surface area contributed by atoms with Crippen LogP contribution >= 0.6 is 0 Å². The molecule has 0 atom stereocenters. The van der Waals surface area contributed by atoms with Crippen molar-refractivity contribution >= 4 is 22.5 Å². The fourth-order valence-corrected chi connectivity index (χ4v) is 2.86. The van der Waals surface area contributed by atoms with Gasteiger partial charge in [-0.1, -0.05) is 17.7 Å². The van der Waals surface area contributed by atoms with Crippen molar-refractivity contribution in [1.82, 2.24) is 10.2 Å². The molecule has 0 fully saturated rings. The van der Waals surface area contributed by atoms with E-state index in [2.05, 4.69) is 15.5 Å². The average molecular weight is 309 g/mol. The van der Waals surface area contributed by atoms with Gasteiger partial charge < -0.3 is 10.1 Å². The molecule has 118 valence electrons. The van der Waals surface area contributed by atoms with Crippen molar-refractivity contribution in [3.05, 3.63) is 53.2 Å². The van der Waals surface area contributed by atoms with Crippen LogP contribution in [-0.2, 0) is 11.2 Å². The number of carbonyl (C=O) groups excluding carboxylic acids is 1. The summed E-state index contributed by atoms with van der Waals surface area (Å²) in [5.41, 5.74) is 4.69. The Bertz CT molecular complexity index is 868. The van der Waals surface area contributed by atoms with Gasteiger partial charge in [0, 0.05) is 16.6 Å². The fraction of sp³-hybridized carbons (Fsp3) is 0.222. The molecule has 5 heteroatoms. The molecule has 1 amide bonds. The summed E-state index contributed by atoms with van der Waals surface area (Å²) in [6.07, 6.45) is 2.02. The van der Waals surface area contributed by atoms with Crippen LogP contribution in [0.4, 0.5) is 5.69 Å². The van der Waals surface area contributed by atoms with Gasteiger partial charge in [-0.15, -0.1) is 0 Å². The number of aromatic amines is 1. The van der Waals surface area contributed by atoms with E-state index in [1.807, 2.05) is 44.2 Å².